The van der Waals surface area contributed by atoms with Gasteiger partial charge in [-0.2, -0.15) is 0 Å². The zero-order valence-electron chi connectivity index (χ0n) is 12.5. The average molecular weight is 285 g/mol. The van der Waals surface area contributed by atoms with E-state index >= 15 is 0 Å². The number of benzene rings is 2. The summed E-state index contributed by atoms with van der Waals surface area (Å²) in [7, 11) is 0. The lowest BCUT2D eigenvalue weighted by atomic mass is 9.98. The van der Waals surface area contributed by atoms with E-state index < -0.39 is 0 Å². The molecule has 0 saturated carbocycles. The predicted molar refractivity (Wildman–Crippen MR) is 89.5 cm³/mol. The highest BCUT2D eigenvalue weighted by atomic mass is 32.2. The first-order chi connectivity index (χ1) is 9.72. The molecule has 20 heavy (non-hydrogen) atoms. The normalized spacial score (nSPS) is 12.3. The van der Waals surface area contributed by atoms with Crippen LogP contribution in [0.2, 0.25) is 0 Å². The molecule has 0 spiro atoms. The average Bonchev–Trinajstić information content (AvgIpc) is 2.47. The van der Waals surface area contributed by atoms with Gasteiger partial charge in [0.15, 0.2) is 0 Å². The molecule has 2 aromatic rings. The van der Waals surface area contributed by atoms with Crippen molar-refractivity contribution < 1.29 is 0 Å². The Morgan fingerprint density at radius 3 is 2.45 bits per heavy atom. The molecule has 0 radical (unpaired) electrons. The van der Waals surface area contributed by atoms with Crippen molar-refractivity contribution in [3.8, 4) is 0 Å². The van der Waals surface area contributed by atoms with Crippen LogP contribution in [0, 0.1) is 6.92 Å². The van der Waals surface area contributed by atoms with E-state index in [4.69, 9.17) is 0 Å². The number of hydrogen-bond acceptors (Lipinski definition) is 2. The highest BCUT2D eigenvalue weighted by Crippen LogP contribution is 2.22. The van der Waals surface area contributed by atoms with Gasteiger partial charge in [-0.25, -0.2) is 0 Å². The second-order valence-electron chi connectivity index (χ2n) is 5.08. The molecule has 1 atom stereocenters. The smallest absolute Gasteiger partial charge is 0.0360 e. The Morgan fingerprint density at radius 1 is 1.10 bits per heavy atom. The van der Waals surface area contributed by atoms with Crippen molar-refractivity contribution >= 4 is 11.8 Å². The molecule has 0 aliphatic rings. The van der Waals surface area contributed by atoms with Crippen LogP contribution >= 0.6 is 11.8 Å². The van der Waals surface area contributed by atoms with Gasteiger partial charge in [0, 0.05) is 10.9 Å². The summed E-state index contributed by atoms with van der Waals surface area (Å²) in [6.07, 6.45) is 3.15. The third-order valence-corrected chi connectivity index (χ3v) is 4.23. The number of aryl methyl sites for hydroxylation is 1. The molecule has 106 valence electrons. The molecule has 1 nitrogen and oxygen atoms in total. The second kappa shape index (κ2) is 7.51. The van der Waals surface area contributed by atoms with Crippen molar-refractivity contribution in [2.24, 2.45) is 0 Å². The van der Waals surface area contributed by atoms with Gasteiger partial charge in [0.05, 0.1) is 0 Å². The Morgan fingerprint density at radius 2 is 1.85 bits per heavy atom. The zero-order valence-corrected chi connectivity index (χ0v) is 13.3. The van der Waals surface area contributed by atoms with E-state index in [9.17, 15) is 0 Å². The van der Waals surface area contributed by atoms with Crippen molar-refractivity contribution in [2.75, 3.05) is 12.8 Å². The topological polar surface area (TPSA) is 12.0 Å². The number of hydrogen-bond donors (Lipinski definition) is 1. The standard InChI is InChI=1S/C18H23NS/c1-4-19-18(13-15-7-5-6-14(2)12-15)16-8-10-17(20-3)11-9-16/h5-12,18-19H,4,13H2,1-3H3. The van der Waals surface area contributed by atoms with Gasteiger partial charge < -0.3 is 5.32 Å². The first-order valence-electron chi connectivity index (χ1n) is 7.15. The van der Waals surface area contributed by atoms with E-state index in [2.05, 4.69) is 74.0 Å². The van der Waals surface area contributed by atoms with Crippen LogP contribution in [0.4, 0.5) is 0 Å². The minimum atomic E-state index is 0.387. The van der Waals surface area contributed by atoms with Gasteiger partial charge in [0.25, 0.3) is 0 Å². The van der Waals surface area contributed by atoms with Crippen LogP contribution in [0.25, 0.3) is 0 Å². The fraction of sp³-hybridized carbons (Fsp3) is 0.333. The van der Waals surface area contributed by atoms with Crippen LogP contribution in [0.1, 0.15) is 29.7 Å². The number of rotatable bonds is 6. The minimum Gasteiger partial charge on any atom is -0.310 e. The van der Waals surface area contributed by atoms with Gasteiger partial charge in [0.1, 0.15) is 0 Å². The maximum Gasteiger partial charge on any atom is 0.0360 e. The molecule has 0 aliphatic carbocycles. The van der Waals surface area contributed by atoms with Crippen LogP contribution in [0.5, 0.6) is 0 Å². The fourth-order valence-electron chi connectivity index (χ4n) is 2.47. The highest BCUT2D eigenvalue weighted by molar-refractivity contribution is 7.98. The lowest BCUT2D eigenvalue weighted by Gasteiger charge is -2.19. The second-order valence-corrected chi connectivity index (χ2v) is 5.96. The number of thioether (sulfide) groups is 1. The highest BCUT2D eigenvalue weighted by Gasteiger charge is 2.11. The monoisotopic (exact) mass is 285 g/mol. The van der Waals surface area contributed by atoms with Crippen LogP contribution in [0.3, 0.4) is 0 Å². The molecule has 0 bridgehead atoms. The lowest BCUT2D eigenvalue weighted by molar-refractivity contribution is 0.549. The van der Waals surface area contributed by atoms with Gasteiger partial charge in [0.2, 0.25) is 0 Å². The van der Waals surface area contributed by atoms with E-state index in [1.165, 1.54) is 21.6 Å². The summed E-state index contributed by atoms with van der Waals surface area (Å²) in [5.74, 6) is 0. The maximum absolute atomic E-state index is 3.60. The third kappa shape index (κ3) is 4.12. The summed E-state index contributed by atoms with van der Waals surface area (Å²) in [4.78, 5) is 1.32. The molecule has 0 aliphatic heterocycles. The maximum atomic E-state index is 3.60. The van der Waals surface area contributed by atoms with Crippen LogP contribution in [-0.4, -0.2) is 12.8 Å². The molecule has 0 saturated heterocycles. The minimum absolute atomic E-state index is 0.387. The van der Waals surface area contributed by atoms with Gasteiger partial charge >= 0.3 is 0 Å². The van der Waals surface area contributed by atoms with Gasteiger partial charge in [-0.05, 0) is 49.4 Å². The third-order valence-electron chi connectivity index (χ3n) is 3.49. The molecule has 0 heterocycles. The largest absolute Gasteiger partial charge is 0.310 e. The summed E-state index contributed by atoms with van der Waals surface area (Å²) in [6.45, 7) is 5.30. The molecule has 2 rings (SSSR count). The predicted octanol–water partition coefficient (Wildman–Crippen LogP) is 4.61. The van der Waals surface area contributed by atoms with Crippen LogP contribution < -0.4 is 5.32 Å². The summed E-state index contributed by atoms with van der Waals surface area (Å²) in [5.41, 5.74) is 4.09. The van der Waals surface area contributed by atoms with E-state index in [0.717, 1.165) is 13.0 Å². The van der Waals surface area contributed by atoms with Crippen molar-refractivity contribution in [3.05, 3.63) is 65.2 Å². The SMILES string of the molecule is CCNC(Cc1cccc(C)c1)c1ccc(SC)cc1. The Labute approximate surface area is 126 Å². The first-order valence-corrected chi connectivity index (χ1v) is 8.38. The van der Waals surface area contributed by atoms with Crippen molar-refractivity contribution in [3.63, 3.8) is 0 Å². The quantitative estimate of drug-likeness (QED) is 0.778. The Bertz CT molecular complexity index is 533. The molecule has 2 aromatic carbocycles. The Hall–Kier alpha value is -1.25. The zero-order chi connectivity index (χ0) is 14.4. The molecule has 1 unspecified atom stereocenters. The number of nitrogens with one attached hydrogen (secondary N) is 1. The fourth-order valence-corrected chi connectivity index (χ4v) is 2.87. The van der Waals surface area contributed by atoms with Crippen molar-refractivity contribution in [1.29, 1.82) is 0 Å². The summed E-state index contributed by atoms with van der Waals surface area (Å²) < 4.78 is 0. The molecule has 1 N–H and O–H groups in total. The Balaban J connectivity index is 2.17. The Kier molecular flexibility index (Phi) is 5.69. The van der Waals surface area contributed by atoms with Crippen molar-refractivity contribution in [2.45, 2.75) is 31.2 Å². The summed E-state index contributed by atoms with van der Waals surface area (Å²) in [5, 5.41) is 3.60. The van der Waals surface area contributed by atoms with Gasteiger partial charge in [-0.1, -0.05) is 48.9 Å². The molecule has 0 aromatic heterocycles. The van der Waals surface area contributed by atoms with E-state index in [1.54, 1.807) is 11.8 Å². The van der Waals surface area contributed by atoms with E-state index in [1.807, 2.05) is 0 Å². The molecule has 0 amide bonds. The van der Waals surface area contributed by atoms with Gasteiger partial charge in [-0.15, -0.1) is 11.8 Å². The van der Waals surface area contributed by atoms with E-state index in [0.29, 0.717) is 6.04 Å². The first kappa shape index (κ1) is 15.1. The molecule has 2 heteroatoms. The molecular formula is C18H23NS. The van der Waals surface area contributed by atoms with Crippen LogP contribution in [-0.2, 0) is 6.42 Å². The molecular weight excluding hydrogens is 262 g/mol. The van der Waals surface area contributed by atoms with E-state index in [-0.39, 0.29) is 0 Å². The lowest BCUT2D eigenvalue weighted by Crippen LogP contribution is -2.22. The number of likely N-dealkylation sites (N-methyl/N-ethyl adjacent to an activating group) is 1. The van der Waals surface area contributed by atoms with Crippen molar-refractivity contribution in [1.82, 2.24) is 5.32 Å². The summed E-state index contributed by atoms with van der Waals surface area (Å²) >= 11 is 1.79. The molecule has 0 fully saturated rings. The van der Waals surface area contributed by atoms with Gasteiger partial charge in [-0.3, -0.25) is 0 Å². The summed E-state index contributed by atoms with van der Waals surface area (Å²) in [6, 6.07) is 18.1. The van der Waals surface area contributed by atoms with Crippen LogP contribution in [0.15, 0.2) is 53.4 Å².